The largest absolute Gasteiger partial charge is 0.441 e. The van der Waals surface area contributed by atoms with Crippen LogP contribution in [0.4, 0.5) is 0 Å². The molecular formula is C21H23ClN4O3. The van der Waals surface area contributed by atoms with Crippen LogP contribution >= 0.6 is 11.6 Å². The molecule has 1 aliphatic carbocycles. The van der Waals surface area contributed by atoms with E-state index in [4.69, 9.17) is 20.5 Å². The van der Waals surface area contributed by atoms with Crippen molar-refractivity contribution in [1.82, 2.24) is 20.4 Å². The van der Waals surface area contributed by atoms with Crippen molar-refractivity contribution in [2.75, 3.05) is 0 Å². The zero-order chi connectivity index (χ0) is 20.4. The molecule has 0 aliphatic heterocycles. The van der Waals surface area contributed by atoms with Gasteiger partial charge in [-0.05, 0) is 43.0 Å². The highest BCUT2D eigenvalue weighted by Gasteiger charge is 2.31. The zero-order valence-electron chi connectivity index (χ0n) is 16.4. The normalized spacial score (nSPS) is 14.9. The molecule has 1 amide bonds. The second-order valence-electron chi connectivity index (χ2n) is 7.68. The average Bonchev–Trinajstić information content (AvgIpc) is 3.25. The van der Waals surface area contributed by atoms with Crippen LogP contribution in [0.1, 0.15) is 62.7 Å². The summed E-state index contributed by atoms with van der Waals surface area (Å²) in [5, 5.41) is 7.71. The lowest BCUT2D eigenvalue weighted by molar-refractivity contribution is -0.122. The summed E-state index contributed by atoms with van der Waals surface area (Å²) < 4.78 is 11.2. The maximum absolute atomic E-state index is 12.5. The Morgan fingerprint density at radius 1 is 1.28 bits per heavy atom. The van der Waals surface area contributed by atoms with Gasteiger partial charge in [0.15, 0.2) is 17.5 Å². The van der Waals surface area contributed by atoms with Crippen molar-refractivity contribution >= 4 is 17.5 Å². The number of oxazole rings is 1. The van der Waals surface area contributed by atoms with Gasteiger partial charge in [0.05, 0.1) is 6.20 Å². The summed E-state index contributed by atoms with van der Waals surface area (Å²) >= 11 is 5.91. The Bertz CT molecular complexity index is 976. The van der Waals surface area contributed by atoms with Gasteiger partial charge in [-0.3, -0.25) is 4.79 Å². The molecule has 1 aromatic carbocycles. The molecule has 2 heterocycles. The highest BCUT2D eigenvalue weighted by Crippen LogP contribution is 2.38. The molecule has 1 fully saturated rings. The fourth-order valence-electron chi connectivity index (χ4n) is 3.03. The summed E-state index contributed by atoms with van der Waals surface area (Å²) in [7, 11) is 0. The molecule has 1 N–H and O–H groups in total. The van der Waals surface area contributed by atoms with Gasteiger partial charge >= 0.3 is 0 Å². The van der Waals surface area contributed by atoms with E-state index < -0.39 is 0 Å². The molecule has 7 nitrogen and oxygen atoms in total. The molecule has 29 heavy (non-hydrogen) atoms. The number of aromatic nitrogens is 3. The van der Waals surface area contributed by atoms with Crippen LogP contribution in [0.25, 0.3) is 11.3 Å². The predicted molar refractivity (Wildman–Crippen MR) is 107 cm³/mol. The van der Waals surface area contributed by atoms with Crippen molar-refractivity contribution in [3.05, 3.63) is 53.1 Å². The van der Waals surface area contributed by atoms with Gasteiger partial charge in [0.2, 0.25) is 11.8 Å². The first-order valence-corrected chi connectivity index (χ1v) is 10.2. The molecule has 3 aromatic rings. The lowest BCUT2D eigenvalue weighted by Crippen LogP contribution is -2.32. The molecule has 2 aromatic heterocycles. The molecule has 1 unspecified atom stereocenters. The summed E-state index contributed by atoms with van der Waals surface area (Å²) in [4.78, 5) is 21.2. The molecule has 0 saturated heterocycles. The minimum atomic E-state index is -0.309. The van der Waals surface area contributed by atoms with Gasteiger partial charge in [0.1, 0.15) is 6.04 Å². The third kappa shape index (κ3) is 4.85. The smallest absolute Gasteiger partial charge is 0.249 e. The maximum atomic E-state index is 12.5. The van der Waals surface area contributed by atoms with Crippen molar-refractivity contribution in [2.45, 2.75) is 51.5 Å². The number of rotatable bonds is 8. The molecule has 1 saturated carbocycles. The molecule has 1 atom stereocenters. The van der Waals surface area contributed by atoms with E-state index in [0.29, 0.717) is 34.9 Å². The lowest BCUT2D eigenvalue weighted by Gasteiger charge is -2.18. The summed E-state index contributed by atoms with van der Waals surface area (Å²) in [5.74, 6) is 2.81. The average molecular weight is 415 g/mol. The molecule has 1 aliphatic rings. The first-order valence-electron chi connectivity index (χ1n) is 9.83. The van der Waals surface area contributed by atoms with Gasteiger partial charge in [-0.1, -0.05) is 30.6 Å². The number of nitrogens with one attached hydrogen (secondary N) is 1. The van der Waals surface area contributed by atoms with Crippen LogP contribution in [0, 0.1) is 5.92 Å². The number of carbonyl (C=O) groups is 1. The van der Waals surface area contributed by atoms with Gasteiger partial charge in [-0.15, -0.1) is 0 Å². The minimum Gasteiger partial charge on any atom is -0.441 e. The van der Waals surface area contributed by atoms with Crippen molar-refractivity contribution in [2.24, 2.45) is 5.92 Å². The third-order valence-corrected chi connectivity index (χ3v) is 5.15. The number of carbonyl (C=O) groups excluding carboxylic acids is 1. The van der Waals surface area contributed by atoms with E-state index in [1.165, 1.54) is 0 Å². The first-order chi connectivity index (χ1) is 14.0. The standard InChI is InChI=1S/C21H23ClN4O3/c1-12(2)19(21-25-20(26-29-21)14-3-4-14)24-17(27)9-10-18-23-11-16(28-18)13-5-7-15(22)8-6-13/h5-8,11-12,14,19H,3-4,9-10H2,1-2H3,(H,24,27). The third-order valence-electron chi connectivity index (χ3n) is 4.90. The van der Waals surface area contributed by atoms with Gasteiger partial charge in [-0.25, -0.2) is 4.98 Å². The highest BCUT2D eigenvalue weighted by molar-refractivity contribution is 6.30. The zero-order valence-corrected chi connectivity index (χ0v) is 17.1. The molecule has 0 spiro atoms. The minimum absolute atomic E-state index is 0.110. The number of benzene rings is 1. The Hall–Kier alpha value is -2.67. The van der Waals surface area contributed by atoms with E-state index >= 15 is 0 Å². The van der Waals surface area contributed by atoms with Crippen molar-refractivity contribution in [3.8, 4) is 11.3 Å². The second-order valence-corrected chi connectivity index (χ2v) is 8.12. The van der Waals surface area contributed by atoms with E-state index in [2.05, 4.69) is 20.4 Å². The van der Waals surface area contributed by atoms with E-state index in [9.17, 15) is 4.79 Å². The topological polar surface area (TPSA) is 94.1 Å². The monoisotopic (exact) mass is 414 g/mol. The van der Waals surface area contributed by atoms with Gasteiger partial charge < -0.3 is 14.3 Å². The number of halogens is 1. The summed E-state index contributed by atoms with van der Waals surface area (Å²) in [6, 6.07) is 7.02. The van der Waals surface area contributed by atoms with Crippen LogP contribution in [0.3, 0.4) is 0 Å². The first kappa shape index (κ1) is 19.6. The Morgan fingerprint density at radius 3 is 2.72 bits per heavy atom. The fraction of sp³-hybridized carbons (Fsp3) is 0.429. The highest BCUT2D eigenvalue weighted by atomic mass is 35.5. The SMILES string of the molecule is CC(C)C(NC(=O)CCc1ncc(-c2ccc(Cl)cc2)o1)c1nc(C2CC2)no1. The number of hydrogen-bond donors (Lipinski definition) is 1. The molecule has 152 valence electrons. The van der Waals surface area contributed by atoms with Crippen LogP contribution in [0.2, 0.25) is 5.02 Å². The Labute approximate surface area is 173 Å². The van der Waals surface area contributed by atoms with Gasteiger partial charge in [0.25, 0.3) is 0 Å². The van der Waals surface area contributed by atoms with Crippen LogP contribution in [-0.4, -0.2) is 21.0 Å². The molecule has 0 radical (unpaired) electrons. The summed E-state index contributed by atoms with van der Waals surface area (Å²) in [6.45, 7) is 4.02. The molecule has 8 heteroatoms. The number of hydrogen-bond acceptors (Lipinski definition) is 6. The van der Waals surface area contributed by atoms with E-state index in [1.807, 2.05) is 26.0 Å². The van der Waals surface area contributed by atoms with E-state index in [1.54, 1.807) is 18.3 Å². The maximum Gasteiger partial charge on any atom is 0.249 e. The summed E-state index contributed by atoms with van der Waals surface area (Å²) in [5.41, 5.74) is 0.889. The number of aryl methyl sites for hydroxylation is 1. The Kier molecular flexibility index (Phi) is 5.67. The van der Waals surface area contributed by atoms with Gasteiger partial charge in [-0.2, -0.15) is 4.98 Å². The van der Waals surface area contributed by atoms with E-state index in [-0.39, 0.29) is 24.3 Å². The van der Waals surface area contributed by atoms with Crippen molar-refractivity contribution in [3.63, 3.8) is 0 Å². The fourth-order valence-corrected chi connectivity index (χ4v) is 3.16. The van der Waals surface area contributed by atoms with Crippen LogP contribution in [-0.2, 0) is 11.2 Å². The summed E-state index contributed by atoms with van der Waals surface area (Å²) in [6.07, 6.45) is 4.53. The van der Waals surface area contributed by atoms with Crippen molar-refractivity contribution in [1.29, 1.82) is 0 Å². The van der Waals surface area contributed by atoms with Crippen LogP contribution in [0.15, 0.2) is 39.4 Å². The van der Waals surface area contributed by atoms with Crippen LogP contribution in [0.5, 0.6) is 0 Å². The quantitative estimate of drug-likeness (QED) is 0.574. The van der Waals surface area contributed by atoms with E-state index in [0.717, 1.165) is 24.2 Å². The molecule has 0 bridgehead atoms. The Balaban J connectivity index is 1.34. The van der Waals surface area contributed by atoms with Crippen LogP contribution < -0.4 is 5.32 Å². The van der Waals surface area contributed by atoms with Gasteiger partial charge in [0, 0.05) is 29.3 Å². The second kappa shape index (κ2) is 8.37. The molecular weight excluding hydrogens is 392 g/mol. The Morgan fingerprint density at radius 2 is 2.03 bits per heavy atom. The lowest BCUT2D eigenvalue weighted by atomic mass is 10.0. The predicted octanol–water partition coefficient (Wildman–Crippen LogP) is 4.70. The number of amides is 1. The van der Waals surface area contributed by atoms with Crippen molar-refractivity contribution < 1.29 is 13.7 Å². The molecule has 4 rings (SSSR count). The number of nitrogens with zero attached hydrogens (tertiary/aromatic N) is 3.